The number of anilines is 1. The summed E-state index contributed by atoms with van der Waals surface area (Å²) in [6.45, 7) is 3.37. The summed E-state index contributed by atoms with van der Waals surface area (Å²) in [5, 5.41) is 0. The van der Waals surface area contributed by atoms with Crippen LogP contribution in [0.15, 0.2) is 18.2 Å². The Morgan fingerprint density at radius 2 is 1.96 bits per heavy atom. The number of benzene rings is 1. The first-order valence-corrected chi connectivity index (χ1v) is 8.71. The number of hydrogen-bond acceptors (Lipinski definition) is 5. The number of nitrogens with zero attached hydrogens (tertiary/aromatic N) is 1. The molecular weight excluding hydrogens is 322 g/mol. The summed E-state index contributed by atoms with van der Waals surface area (Å²) < 4.78 is 10.9. The summed E-state index contributed by atoms with van der Waals surface area (Å²) in [4.78, 5) is 37.5. The lowest BCUT2D eigenvalue weighted by molar-refractivity contribution is -0.150. The van der Waals surface area contributed by atoms with Gasteiger partial charge in [-0.25, -0.2) is 0 Å². The van der Waals surface area contributed by atoms with Crippen molar-refractivity contribution < 1.29 is 23.9 Å². The highest BCUT2D eigenvalue weighted by Gasteiger charge is 2.30. The molecule has 1 aliphatic carbocycles. The Hall–Kier alpha value is -2.37. The van der Waals surface area contributed by atoms with Crippen LogP contribution in [0.25, 0.3) is 0 Å². The molecule has 1 aliphatic heterocycles. The number of carbonyl (C=O) groups is 3. The summed E-state index contributed by atoms with van der Waals surface area (Å²) in [5.41, 5.74) is 0.912. The molecule has 2 aliphatic rings. The van der Waals surface area contributed by atoms with Crippen LogP contribution in [0.4, 0.5) is 5.69 Å². The lowest BCUT2D eigenvalue weighted by atomic mass is 9.89. The number of esters is 1. The molecule has 1 amide bonds. The first kappa shape index (κ1) is 17.5. The average Bonchev–Trinajstić information content (AvgIpc) is 2.59. The SMILES string of the molecule is CC(=O)c1ccc2c(c1)N(CC(=O)OC1CCC(C)CC1)C(=O)CO2. The van der Waals surface area contributed by atoms with Crippen LogP contribution < -0.4 is 9.64 Å². The first-order chi connectivity index (χ1) is 11.9. The van der Waals surface area contributed by atoms with Crippen molar-refractivity contribution in [1.29, 1.82) is 0 Å². The Bertz CT molecular complexity index is 691. The molecule has 6 nitrogen and oxygen atoms in total. The number of ketones is 1. The molecule has 1 heterocycles. The largest absolute Gasteiger partial charge is 0.482 e. The molecule has 0 saturated heterocycles. The highest BCUT2D eigenvalue weighted by atomic mass is 16.5. The molecule has 0 N–H and O–H groups in total. The maximum absolute atomic E-state index is 12.3. The second kappa shape index (κ2) is 7.25. The van der Waals surface area contributed by atoms with Crippen molar-refractivity contribution in [1.82, 2.24) is 0 Å². The third-order valence-electron chi connectivity index (χ3n) is 4.86. The molecule has 3 rings (SSSR count). The number of ether oxygens (including phenoxy) is 2. The molecule has 1 fully saturated rings. The first-order valence-electron chi connectivity index (χ1n) is 8.71. The van der Waals surface area contributed by atoms with Gasteiger partial charge in [0.05, 0.1) is 5.69 Å². The zero-order valence-electron chi connectivity index (χ0n) is 14.6. The van der Waals surface area contributed by atoms with Gasteiger partial charge in [-0.15, -0.1) is 0 Å². The normalized spacial score (nSPS) is 22.8. The van der Waals surface area contributed by atoms with Crippen LogP contribution in [0.2, 0.25) is 0 Å². The fourth-order valence-electron chi connectivity index (χ4n) is 3.29. The van der Waals surface area contributed by atoms with Gasteiger partial charge in [-0.3, -0.25) is 19.3 Å². The number of rotatable bonds is 4. The second-order valence-corrected chi connectivity index (χ2v) is 6.88. The summed E-state index contributed by atoms with van der Waals surface area (Å²) in [7, 11) is 0. The number of carbonyl (C=O) groups excluding carboxylic acids is 3. The van der Waals surface area contributed by atoms with Gasteiger partial charge < -0.3 is 9.47 Å². The highest BCUT2D eigenvalue weighted by Crippen LogP contribution is 2.33. The van der Waals surface area contributed by atoms with E-state index in [1.54, 1.807) is 18.2 Å². The van der Waals surface area contributed by atoms with Crippen molar-refractivity contribution in [3.63, 3.8) is 0 Å². The molecule has 134 valence electrons. The van der Waals surface area contributed by atoms with Crippen LogP contribution in [0.3, 0.4) is 0 Å². The van der Waals surface area contributed by atoms with E-state index in [1.807, 2.05) is 0 Å². The molecule has 0 bridgehead atoms. The van der Waals surface area contributed by atoms with E-state index in [-0.39, 0.29) is 30.9 Å². The van der Waals surface area contributed by atoms with Gasteiger partial charge in [0.15, 0.2) is 12.4 Å². The van der Waals surface area contributed by atoms with Gasteiger partial charge in [0.1, 0.15) is 18.4 Å². The van der Waals surface area contributed by atoms with Gasteiger partial charge in [0, 0.05) is 5.56 Å². The summed E-state index contributed by atoms with van der Waals surface area (Å²) in [6, 6.07) is 4.89. The van der Waals surface area contributed by atoms with Gasteiger partial charge in [-0.05, 0) is 56.7 Å². The molecule has 6 heteroatoms. The number of amides is 1. The molecular formula is C19H23NO5. The Balaban J connectivity index is 1.71. The molecule has 1 aromatic rings. The lowest BCUT2D eigenvalue weighted by Gasteiger charge is -2.30. The second-order valence-electron chi connectivity index (χ2n) is 6.88. The van der Waals surface area contributed by atoms with Crippen LogP contribution in [-0.2, 0) is 14.3 Å². The predicted molar refractivity (Wildman–Crippen MR) is 91.8 cm³/mol. The number of hydrogen-bond donors (Lipinski definition) is 0. The fourth-order valence-corrected chi connectivity index (χ4v) is 3.29. The van der Waals surface area contributed by atoms with Crippen LogP contribution in [0.1, 0.15) is 49.9 Å². The van der Waals surface area contributed by atoms with Crippen LogP contribution in [-0.4, -0.2) is 36.9 Å². The van der Waals surface area contributed by atoms with Crippen molar-refractivity contribution >= 4 is 23.3 Å². The van der Waals surface area contributed by atoms with E-state index in [1.165, 1.54) is 11.8 Å². The van der Waals surface area contributed by atoms with Gasteiger partial charge >= 0.3 is 5.97 Å². The minimum atomic E-state index is -0.422. The van der Waals surface area contributed by atoms with E-state index in [0.29, 0.717) is 22.9 Å². The lowest BCUT2D eigenvalue weighted by Crippen LogP contribution is -2.43. The summed E-state index contributed by atoms with van der Waals surface area (Å²) in [6.07, 6.45) is 3.78. The van der Waals surface area contributed by atoms with Gasteiger partial charge in [-0.2, -0.15) is 0 Å². The van der Waals surface area contributed by atoms with Crippen molar-refractivity contribution in [2.24, 2.45) is 5.92 Å². The van der Waals surface area contributed by atoms with Crippen LogP contribution >= 0.6 is 0 Å². The van der Waals surface area contributed by atoms with Gasteiger partial charge in [0.25, 0.3) is 5.91 Å². The van der Waals surface area contributed by atoms with E-state index in [9.17, 15) is 14.4 Å². The standard InChI is InChI=1S/C19H23NO5/c1-12-3-6-15(7-4-12)25-19(23)10-20-16-9-14(13(2)21)5-8-17(16)24-11-18(20)22/h5,8-9,12,15H,3-4,6-7,10-11H2,1-2H3. The van der Waals surface area contributed by atoms with E-state index in [4.69, 9.17) is 9.47 Å². The maximum Gasteiger partial charge on any atom is 0.326 e. The molecule has 0 radical (unpaired) electrons. The van der Waals surface area contributed by atoms with Gasteiger partial charge in [0.2, 0.25) is 0 Å². The van der Waals surface area contributed by atoms with Crippen molar-refractivity contribution in [2.75, 3.05) is 18.1 Å². The minimum Gasteiger partial charge on any atom is -0.482 e. The zero-order valence-corrected chi connectivity index (χ0v) is 14.6. The van der Waals surface area contributed by atoms with E-state index in [0.717, 1.165) is 25.7 Å². The van der Waals surface area contributed by atoms with Crippen molar-refractivity contribution in [3.8, 4) is 5.75 Å². The third-order valence-corrected chi connectivity index (χ3v) is 4.86. The molecule has 1 saturated carbocycles. The average molecular weight is 345 g/mol. The maximum atomic E-state index is 12.3. The van der Waals surface area contributed by atoms with E-state index in [2.05, 4.69) is 6.92 Å². The fraction of sp³-hybridized carbons (Fsp3) is 0.526. The minimum absolute atomic E-state index is 0.0668. The zero-order chi connectivity index (χ0) is 18.0. The topological polar surface area (TPSA) is 72.9 Å². The van der Waals surface area contributed by atoms with Crippen molar-refractivity contribution in [2.45, 2.75) is 45.6 Å². The highest BCUT2D eigenvalue weighted by molar-refractivity contribution is 6.03. The Labute approximate surface area is 147 Å². The Morgan fingerprint density at radius 3 is 2.64 bits per heavy atom. The molecule has 0 unspecified atom stereocenters. The Morgan fingerprint density at radius 1 is 1.24 bits per heavy atom. The predicted octanol–water partition coefficient (Wildman–Crippen LogP) is 2.74. The molecule has 1 aromatic carbocycles. The van der Waals surface area contributed by atoms with Crippen molar-refractivity contribution in [3.05, 3.63) is 23.8 Å². The molecule has 25 heavy (non-hydrogen) atoms. The Kier molecular flexibility index (Phi) is 5.06. The quantitative estimate of drug-likeness (QED) is 0.620. The monoisotopic (exact) mass is 345 g/mol. The van der Waals surface area contributed by atoms with Gasteiger partial charge in [-0.1, -0.05) is 6.92 Å². The van der Waals surface area contributed by atoms with Crippen LogP contribution in [0, 0.1) is 5.92 Å². The van der Waals surface area contributed by atoms with Crippen LogP contribution in [0.5, 0.6) is 5.75 Å². The smallest absolute Gasteiger partial charge is 0.326 e. The van der Waals surface area contributed by atoms with E-state index < -0.39 is 5.97 Å². The summed E-state index contributed by atoms with van der Waals surface area (Å²) in [5.74, 6) is 0.313. The number of fused-ring (bicyclic) bond motifs is 1. The van der Waals surface area contributed by atoms with E-state index >= 15 is 0 Å². The third kappa shape index (κ3) is 4.00. The molecule has 0 aromatic heterocycles. The number of Topliss-reactive ketones (excluding diaryl/α,β-unsaturated/α-hetero) is 1. The molecule has 0 spiro atoms. The molecule has 0 atom stereocenters. The summed E-state index contributed by atoms with van der Waals surface area (Å²) >= 11 is 0.